The molecule has 0 amide bonds. The van der Waals surface area contributed by atoms with Crippen molar-refractivity contribution in [3.63, 3.8) is 0 Å². The molecular formula is C16H28N4. The van der Waals surface area contributed by atoms with Crippen LogP contribution < -0.4 is 5.73 Å². The Balaban J connectivity index is 1.62. The maximum Gasteiger partial charge on any atom is 0.192 e. The van der Waals surface area contributed by atoms with Crippen molar-refractivity contribution in [2.45, 2.75) is 62.9 Å². The van der Waals surface area contributed by atoms with E-state index in [-0.39, 0.29) is 5.54 Å². The van der Waals surface area contributed by atoms with E-state index in [0.717, 1.165) is 18.4 Å². The summed E-state index contributed by atoms with van der Waals surface area (Å²) in [5.41, 5.74) is 6.62. The molecule has 4 fully saturated rings. The average Bonchev–Trinajstić information content (AvgIpc) is 2.69. The minimum Gasteiger partial charge on any atom is -0.370 e. The summed E-state index contributed by atoms with van der Waals surface area (Å²) in [6, 6.07) is 0.657. The molecule has 1 atom stereocenters. The van der Waals surface area contributed by atoms with Gasteiger partial charge in [0, 0.05) is 12.6 Å². The highest BCUT2D eigenvalue weighted by molar-refractivity contribution is 5.81. The van der Waals surface area contributed by atoms with Crippen molar-refractivity contribution in [2.24, 2.45) is 16.6 Å². The monoisotopic (exact) mass is 276 g/mol. The van der Waals surface area contributed by atoms with Crippen LogP contribution in [0.4, 0.5) is 0 Å². The molecule has 1 saturated carbocycles. The number of hydrogen-bond donors (Lipinski definition) is 1. The first kappa shape index (κ1) is 12.9. The zero-order valence-electron chi connectivity index (χ0n) is 12.6. The third-order valence-electron chi connectivity index (χ3n) is 6.28. The van der Waals surface area contributed by atoms with Crippen LogP contribution in [0.25, 0.3) is 0 Å². The predicted molar refractivity (Wildman–Crippen MR) is 81.7 cm³/mol. The van der Waals surface area contributed by atoms with Crippen molar-refractivity contribution in [1.29, 1.82) is 0 Å². The van der Waals surface area contributed by atoms with Crippen molar-refractivity contribution < 1.29 is 0 Å². The molecule has 0 radical (unpaired) electrons. The van der Waals surface area contributed by atoms with Crippen molar-refractivity contribution >= 4 is 5.96 Å². The number of fused-ring (bicyclic) bond motifs is 2. The largest absolute Gasteiger partial charge is 0.370 e. The molecular weight excluding hydrogens is 248 g/mol. The molecule has 2 bridgehead atoms. The van der Waals surface area contributed by atoms with Gasteiger partial charge < -0.3 is 15.5 Å². The highest BCUT2D eigenvalue weighted by atomic mass is 15.4. The molecule has 1 aliphatic carbocycles. The van der Waals surface area contributed by atoms with Gasteiger partial charge in [-0.1, -0.05) is 25.7 Å². The third kappa shape index (κ3) is 1.87. The molecule has 1 unspecified atom stereocenters. The van der Waals surface area contributed by atoms with Crippen molar-refractivity contribution in [1.82, 2.24) is 9.80 Å². The van der Waals surface area contributed by atoms with Gasteiger partial charge in [0.1, 0.15) is 0 Å². The van der Waals surface area contributed by atoms with E-state index in [2.05, 4.69) is 9.80 Å². The topological polar surface area (TPSA) is 44.9 Å². The summed E-state index contributed by atoms with van der Waals surface area (Å²) in [6.07, 6.45) is 10.9. The highest BCUT2D eigenvalue weighted by Gasteiger charge is 2.55. The Kier molecular flexibility index (Phi) is 3.17. The number of hydrogen-bond acceptors (Lipinski definition) is 4. The highest BCUT2D eigenvalue weighted by Crippen LogP contribution is 2.44. The van der Waals surface area contributed by atoms with Crippen LogP contribution in [0.5, 0.6) is 0 Å². The first-order valence-corrected chi connectivity index (χ1v) is 8.61. The standard InChI is InChI=1S/C16H28N4/c17-15-18-11-16(12-19-9-7-13(16)8-10-19)20(15)14-5-3-1-2-4-6-14/h13-14H,1-12H2,(H2,17,18). The van der Waals surface area contributed by atoms with Crippen molar-refractivity contribution in [2.75, 3.05) is 26.2 Å². The summed E-state index contributed by atoms with van der Waals surface area (Å²) in [5.74, 6) is 1.67. The molecule has 4 heteroatoms. The molecule has 4 nitrogen and oxygen atoms in total. The lowest BCUT2D eigenvalue weighted by Gasteiger charge is -2.57. The average molecular weight is 276 g/mol. The van der Waals surface area contributed by atoms with Gasteiger partial charge in [0.15, 0.2) is 5.96 Å². The van der Waals surface area contributed by atoms with Gasteiger partial charge in [0.25, 0.3) is 0 Å². The Morgan fingerprint density at radius 2 is 1.70 bits per heavy atom. The van der Waals surface area contributed by atoms with E-state index in [0.29, 0.717) is 6.04 Å². The van der Waals surface area contributed by atoms with Crippen LogP contribution in [0.1, 0.15) is 51.4 Å². The van der Waals surface area contributed by atoms with Gasteiger partial charge in [-0.2, -0.15) is 0 Å². The first-order valence-electron chi connectivity index (χ1n) is 8.61. The van der Waals surface area contributed by atoms with Gasteiger partial charge in [-0.15, -0.1) is 0 Å². The summed E-state index contributed by atoms with van der Waals surface area (Å²) in [4.78, 5) is 9.97. The molecule has 5 rings (SSSR count). The summed E-state index contributed by atoms with van der Waals surface area (Å²) < 4.78 is 0. The molecule has 3 saturated heterocycles. The number of nitrogens with zero attached hydrogens (tertiary/aromatic N) is 3. The van der Waals surface area contributed by atoms with Gasteiger partial charge in [0.2, 0.25) is 0 Å². The van der Waals surface area contributed by atoms with E-state index in [4.69, 9.17) is 10.7 Å². The van der Waals surface area contributed by atoms with Crippen molar-refractivity contribution in [3.05, 3.63) is 0 Å². The normalized spacial score (nSPS) is 42.0. The Labute approximate surface area is 122 Å². The molecule has 2 N–H and O–H groups in total. The molecule has 0 aromatic heterocycles. The van der Waals surface area contributed by atoms with Gasteiger partial charge in [-0.3, -0.25) is 4.99 Å². The second-order valence-electron chi connectivity index (χ2n) is 7.34. The van der Waals surface area contributed by atoms with E-state index in [9.17, 15) is 0 Å². The van der Waals surface area contributed by atoms with Crippen LogP contribution >= 0.6 is 0 Å². The number of rotatable bonds is 1. The van der Waals surface area contributed by atoms with Gasteiger partial charge in [-0.25, -0.2) is 0 Å². The fraction of sp³-hybridized carbons (Fsp3) is 0.938. The maximum atomic E-state index is 6.36. The molecule has 20 heavy (non-hydrogen) atoms. The van der Waals surface area contributed by atoms with Crippen molar-refractivity contribution in [3.8, 4) is 0 Å². The van der Waals surface area contributed by atoms with Crippen LogP contribution in [0.15, 0.2) is 4.99 Å². The second kappa shape index (κ2) is 4.90. The van der Waals surface area contributed by atoms with E-state index < -0.39 is 0 Å². The summed E-state index contributed by atoms with van der Waals surface area (Å²) in [6.45, 7) is 4.75. The molecule has 4 heterocycles. The van der Waals surface area contributed by atoms with Gasteiger partial charge in [-0.05, 0) is 44.7 Å². The second-order valence-corrected chi connectivity index (χ2v) is 7.34. The van der Waals surface area contributed by atoms with E-state index >= 15 is 0 Å². The molecule has 1 spiro atoms. The van der Waals surface area contributed by atoms with E-state index in [1.165, 1.54) is 71.0 Å². The van der Waals surface area contributed by atoms with Gasteiger partial charge >= 0.3 is 0 Å². The van der Waals surface area contributed by atoms with Gasteiger partial charge in [0.05, 0.1) is 12.1 Å². The lowest BCUT2D eigenvalue weighted by molar-refractivity contribution is -0.0446. The van der Waals surface area contributed by atoms with E-state index in [1.807, 2.05) is 0 Å². The number of aliphatic imine (C=N–C) groups is 1. The fourth-order valence-corrected chi connectivity index (χ4v) is 5.26. The maximum absolute atomic E-state index is 6.36. The molecule has 0 aromatic carbocycles. The van der Waals surface area contributed by atoms with Crippen LogP contribution in [-0.4, -0.2) is 53.5 Å². The predicted octanol–water partition coefficient (Wildman–Crippen LogP) is 1.80. The Morgan fingerprint density at radius 3 is 2.30 bits per heavy atom. The SMILES string of the molecule is NC1=NCC2(CN3CCC2CC3)N1C1CCCCCC1. The molecule has 5 aliphatic rings. The minimum absolute atomic E-state index is 0.260. The van der Waals surface area contributed by atoms with Crippen LogP contribution in [0, 0.1) is 5.92 Å². The summed E-state index contributed by atoms with van der Waals surface area (Å²) in [5, 5.41) is 0. The quantitative estimate of drug-likeness (QED) is 0.743. The molecule has 0 aromatic rings. The lowest BCUT2D eigenvalue weighted by atomic mass is 9.71. The minimum atomic E-state index is 0.260. The van der Waals surface area contributed by atoms with Crippen LogP contribution in [0.2, 0.25) is 0 Å². The van der Waals surface area contributed by atoms with Crippen LogP contribution in [0.3, 0.4) is 0 Å². The molecule has 4 aliphatic heterocycles. The summed E-state index contributed by atoms with van der Waals surface area (Å²) in [7, 11) is 0. The lowest BCUT2D eigenvalue weighted by Crippen LogP contribution is -2.69. The number of guanidine groups is 1. The Morgan fingerprint density at radius 1 is 1.00 bits per heavy atom. The molecule has 112 valence electrons. The Hall–Kier alpha value is -0.770. The number of nitrogens with two attached hydrogens (primary N) is 1. The number of piperidine rings is 3. The Bertz CT molecular complexity index is 391. The zero-order valence-corrected chi connectivity index (χ0v) is 12.6. The summed E-state index contributed by atoms with van der Waals surface area (Å²) >= 11 is 0. The zero-order chi connectivity index (χ0) is 13.6. The van der Waals surface area contributed by atoms with E-state index in [1.54, 1.807) is 0 Å². The smallest absolute Gasteiger partial charge is 0.192 e. The fourth-order valence-electron chi connectivity index (χ4n) is 5.26. The third-order valence-corrected chi connectivity index (χ3v) is 6.28. The first-order chi connectivity index (χ1) is 9.79. The van der Waals surface area contributed by atoms with Crippen LogP contribution in [-0.2, 0) is 0 Å².